The first-order valence-electron chi connectivity index (χ1n) is 6.99. The van der Waals surface area contributed by atoms with E-state index in [9.17, 15) is 5.11 Å². The summed E-state index contributed by atoms with van der Waals surface area (Å²) < 4.78 is 0. The summed E-state index contributed by atoms with van der Waals surface area (Å²) in [5.74, 6) is 0. The summed E-state index contributed by atoms with van der Waals surface area (Å²) in [4.78, 5) is 3.89. The maximum Gasteiger partial charge on any atom is 0.0695 e. The zero-order valence-corrected chi connectivity index (χ0v) is 11.5. The minimum Gasteiger partial charge on any atom is -0.391 e. The van der Waals surface area contributed by atoms with Gasteiger partial charge >= 0.3 is 0 Å². The summed E-state index contributed by atoms with van der Waals surface area (Å²) in [7, 11) is 0. The molecule has 1 aromatic rings. The van der Waals surface area contributed by atoms with Crippen LogP contribution in [0, 0.1) is 0 Å². The van der Waals surface area contributed by atoms with Crippen molar-refractivity contribution in [3.63, 3.8) is 0 Å². The zero-order chi connectivity index (χ0) is 12.4. The van der Waals surface area contributed by atoms with E-state index in [-0.39, 0.29) is 6.10 Å². The molecule has 1 aliphatic carbocycles. The molecule has 2 atom stereocenters. The molecule has 0 aromatic carbocycles. The first-order valence-corrected chi connectivity index (χ1v) is 7.87. The Kier molecular flexibility index (Phi) is 3.83. The van der Waals surface area contributed by atoms with Gasteiger partial charge in [-0.15, -0.1) is 11.3 Å². The van der Waals surface area contributed by atoms with Crippen LogP contribution >= 0.6 is 11.3 Å². The molecular formula is C15H21NOS. The van der Waals surface area contributed by atoms with E-state index >= 15 is 0 Å². The standard InChI is InChI=1S/C15H21NOS/c17-14-5-2-1-4-13(14)16-9-7-12(8-10-16)15-6-3-11-18-15/h3,6-7,11,13-14,17H,1-2,4-5,8-10H2. The largest absolute Gasteiger partial charge is 0.391 e. The van der Waals surface area contributed by atoms with E-state index in [4.69, 9.17) is 0 Å². The van der Waals surface area contributed by atoms with Crippen LogP contribution < -0.4 is 0 Å². The lowest BCUT2D eigenvalue weighted by atomic mass is 9.90. The molecule has 1 aliphatic heterocycles. The predicted octanol–water partition coefficient (Wildman–Crippen LogP) is 3.14. The molecule has 0 spiro atoms. The second-order valence-corrected chi connectivity index (χ2v) is 6.32. The Morgan fingerprint density at radius 3 is 2.83 bits per heavy atom. The molecule has 2 heterocycles. The molecule has 0 amide bonds. The Morgan fingerprint density at radius 1 is 1.28 bits per heavy atom. The fourth-order valence-electron chi connectivity index (χ4n) is 3.19. The fourth-order valence-corrected chi connectivity index (χ4v) is 3.99. The topological polar surface area (TPSA) is 23.5 Å². The van der Waals surface area contributed by atoms with E-state index < -0.39 is 0 Å². The number of aliphatic hydroxyl groups is 1. The second kappa shape index (κ2) is 5.55. The number of nitrogens with zero attached hydrogens (tertiary/aromatic N) is 1. The predicted molar refractivity (Wildman–Crippen MR) is 76.7 cm³/mol. The highest BCUT2D eigenvalue weighted by molar-refractivity contribution is 7.11. The van der Waals surface area contributed by atoms with Crippen LogP contribution in [0.5, 0.6) is 0 Å². The van der Waals surface area contributed by atoms with Crippen LogP contribution in [0.1, 0.15) is 37.0 Å². The molecule has 1 saturated carbocycles. The quantitative estimate of drug-likeness (QED) is 0.886. The highest BCUT2D eigenvalue weighted by atomic mass is 32.1. The molecule has 0 radical (unpaired) electrons. The van der Waals surface area contributed by atoms with Gasteiger partial charge in [0.2, 0.25) is 0 Å². The van der Waals surface area contributed by atoms with Crippen molar-refractivity contribution in [2.45, 2.75) is 44.2 Å². The molecule has 1 fully saturated rings. The van der Waals surface area contributed by atoms with Crippen molar-refractivity contribution in [1.82, 2.24) is 4.90 Å². The highest BCUT2D eigenvalue weighted by Crippen LogP contribution is 2.30. The normalized spacial score (nSPS) is 30.2. The highest BCUT2D eigenvalue weighted by Gasteiger charge is 2.29. The van der Waals surface area contributed by atoms with Gasteiger partial charge in [0, 0.05) is 24.0 Å². The lowest BCUT2D eigenvalue weighted by Gasteiger charge is -2.39. The Hall–Kier alpha value is -0.640. The monoisotopic (exact) mass is 263 g/mol. The van der Waals surface area contributed by atoms with Crippen molar-refractivity contribution in [1.29, 1.82) is 0 Å². The van der Waals surface area contributed by atoms with E-state index in [1.54, 1.807) is 0 Å². The molecule has 2 nitrogen and oxygen atoms in total. The van der Waals surface area contributed by atoms with Gasteiger partial charge in [-0.05, 0) is 36.3 Å². The van der Waals surface area contributed by atoms with E-state index in [1.165, 1.54) is 29.7 Å². The summed E-state index contributed by atoms with van der Waals surface area (Å²) in [5, 5.41) is 12.3. The molecule has 98 valence electrons. The lowest BCUT2D eigenvalue weighted by Crippen LogP contribution is -2.47. The summed E-state index contributed by atoms with van der Waals surface area (Å²) >= 11 is 1.83. The maximum absolute atomic E-state index is 10.1. The average Bonchev–Trinajstić information content (AvgIpc) is 2.94. The van der Waals surface area contributed by atoms with Crippen molar-refractivity contribution in [3.8, 4) is 0 Å². The molecular weight excluding hydrogens is 242 g/mol. The summed E-state index contributed by atoms with van der Waals surface area (Å²) in [6.45, 7) is 2.11. The number of thiophene rings is 1. The number of rotatable bonds is 2. The average molecular weight is 263 g/mol. The van der Waals surface area contributed by atoms with Crippen molar-refractivity contribution >= 4 is 16.9 Å². The lowest BCUT2D eigenvalue weighted by molar-refractivity contribution is 0.0248. The third-order valence-corrected chi connectivity index (χ3v) is 5.19. The number of hydrogen-bond donors (Lipinski definition) is 1. The first kappa shape index (κ1) is 12.4. The molecule has 2 unspecified atom stereocenters. The smallest absolute Gasteiger partial charge is 0.0695 e. The third-order valence-electron chi connectivity index (χ3n) is 4.24. The molecule has 1 N–H and O–H groups in total. The Bertz CT molecular complexity index is 412. The molecule has 3 rings (SSSR count). The van der Waals surface area contributed by atoms with E-state index in [0.29, 0.717) is 6.04 Å². The van der Waals surface area contributed by atoms with Crippen molar-refractivity contribution < 1.29 is 5.11 Å². The minimum atomic E-state index is -0.101. The Labute approximate surface area is 113 Å². The van der Waals surface area contributed by atoms with Gasteiger partial charge in [-0.25, -0.2) is 0 Å². The van der Waals surface area contributed by atoms with Crippen LogP contribution in [0.25, 0.3) is 5.57 Å². The molecule has 0 bridgehead atoms. The van der Waals surface area contributed by atoms with E-state index in [0.717, 1.165) is 25.9 Å². The second-order valence-electron chi connectivity index (χ2n) is 5.37. The summed E-state index contributed by atoms with van der Waals surface area (Å²) in [6.07, 6.45) is 8.02. The van der Waals surface area contributed by atoms with E-state index in [2.05, 4.69) is 28.5 Å². The van der Waals surface area contributed by atoms with Crippen molar-refractivity contribution in [2.75, 3.05) is 13.1 Å². The van der Waals surface area contributed by atoms with Gasteiger partial charge in [-0.1, -0.05) is 25.0 Å². The van der Waals surface area contributed by atoms with Gasteiger partial charge in [0.15, 0.2) is 0 Å². The summed E-state index contributed by atoms with van der Waals surface area (Å²) in [5.41, 5.74) is 1.49. The van der Waals surface area contributed by atoms with Crippen LogP contribution in [0.15, 0.2) is 23.6 Å². The minimum absolute atomic E-state index is 0.101. The van der Waals surface area contributed by atoms with Crippen LogP contribution in [0.3, 0.4) is 0 Å². The fraction of sp³-hybridized carbons (Fsp3) is 0.600. The first-order chi connectivity index (χ1) is 8.84. The van der Waals surface area contributed by atoms with Crippen molar-refractivity contribution in [2.24, 2.45) is 0 Å². The van der Waals surface area contributed by atoms with Crippen LogP contribution in [-0.4, -0.2) is 35.2 Å². The van der Waals surface area contributed by atoms with Gasteiger partial charge < -0.3 is 5.11 Å². The van der Waals surface area contributed by atoms with Gasteiger partial charge in [0.25, 0.3) is 0 Å². The van der Waals surface area contributed by atoms with Crippen molar-refractivity contribution in [3.05, 3.63) is 28.5 Å². The number of aliphatic hydroxyl groups excluding tert-OH is 1. The molecule has 2 aliphatic rings. The van der Waals surface area contributed by atoms with Gasteiger partial charge in [-0.2, -0.15) is 0 Å². The maximum atomic E-state index is 10.1. The molecule has 1 aromatic heterocycles. The SMILES string of the molecule is OC1CCCCC1N1CC=C(c2cccs2)CC1. The van der Waals surface area contributed by atoms with E-state index in [1.807, 2.05) is 11.3 Å². The van der Waals surface area contributed by atoms with Crippen LogP contribution in [-0.2, 0) is 0 Å². The number of hydrogen-bond acceptors (Lipinski definition) is 3. The molecule has 3 heteroatoms. The zero-order valence-electron chi connectivity index (χ0n) is 10.7. The Balaban J connectivity index is 1.65. The van der Waals surface area contributed by atoms with Crippen LogP contribution in [0.4, 0.5) is 0 Å². The Morgan fingerprint density at radius 2 is 2.17 bits per heavy atom. The summed E-state index contributed by atoms with van der Waals surface area (Å²) in [6, 6.07) is 4.74. The van der Waals surface area contributed by atoms with Gasteiger partial charge in [-0.3, -0.25) is 4.90 Å². The van der Waals surface area contributed by atoms with Gasteiger partial charge in [0.1, 0.15) is 0 Å². The molecule has 0 saturated heterocycles. The van der Waals surface area contributed by atoms with Gasteiger partial charge in [0.05, 0.1) is 6.10 Å². The third kappa shape index (κ3) is 2.53. The molecule has 18 heavy (non-hydrogen) atoms. The van der Waals surface area contributed by atoms with Crippen LogP contribution in [0.2, 0.25) is 0 Å².